The molecule has 1 N–H and O–H groups in total. The molecule has 0 rings (SSSR count). The predicted molar refractivity (Wildman–Crippen MR) is 234 cm³/mol. The van der Waals surface area contributed by atoms with Crippen LogP contribution < -0.4 is 0 Å². The quantitative estimate of drug-likeness (QED) is 0.0214. The fourth-order valence-electron chi connectivity index (χ4n) is 6.15. The summed E-state index contributed by atoms with van der Waals surface area (Å²) in [6.45, 7) is 4.30. The van der Waals surface area contributed by atoms with Gasteiger partial charge in [0, 0.05) is 12.8 Å². The second-order valence-electron chi connectivity index (χ2n) is 16.4. The molecule has 0 aliphatic carbocycles. The molecule has 0 saturated heterocycles. The average Bonchev–Trinajstić information content (AvgIpc) is 3.15. The number of hydrogen-bond donors (Lipinski definition) is 1. The molecular formula is C46H87NO8P+. The summed E-state index contributed by atoms with van der Waals surface area (Å²) in [5, 5.41) is 0. The first-order valence-electron chi connectivity index (χ1n) is 22.7. The number of unbranched alkanes of at least 4 members (excludes halogenated alkanes) is 21. The zero-order valence-electron chi connectivity index (χ0n) is 36.9. The Hall–Kier alpha value is -1.77. The van der Waals surface area contributed by atoms with E-state index in [1.807, 2.05) is 21.1 Å². The van der Waals surface area contributed by atoms with E-state index in [2.05, 4.69) is 50.3 Å². The van der Waals surface area contributed by atoms with Crippen LogP contribution in [0.1, 0.15) is 194 Å². The summed E-state index contributed by atoms with van der Waals surface area (Å²) < 4.78 is 34.3. The van der Waals surface area contributed by atoms with Crippen molar-refractivity contribution in [1.29, 1.82) is 0 Å². The number of hydrogen-bond acceptors (Lipinski definition) is 7. The lowest BCUT2D eigenvalue weighted by Gasteiger charge is -2.24. The Labute approximate surface area is 344 Å². The fraction of sp³-hybridized carbons (Fsp3) is 0.826. The van der Waals surface area contributed by atoms with Crippen LogP contribution in [0.5, 0.6) is 0 Å². The highest BCUT2D eigenvalue weighted by Crippen LogP contribution is 2.43. The molecule has 0 radical (unpaired) electrons. The van der Waals surface area contributed by atoms with Crippen molar-refractivity contribution in [3.8, 4) is 0 Å². The van der Waals surface area contributed by atoms with E-state index in [4.69, 9.17) is 18.5 Å². The van der Waals surface area contributed by atoms with Crippen LogP contribution in [-0.2, 0) is 32.7 Å². The third-order valence-corrected chi connectivity index (χ3v) is 10.7. The van der Waals surface area contributed by atoms with Crippen LogP contribution in [0, 0.1) is 0 Å². The number of likely N-dealkylation sites (N-methyl/N-ethyl adjacent to an activating group) is 1. The molecule has 1 unspecified atom stereocenters. The van der Waals surface area contributed by atoms with E-state index < -0.39 is 26.5 Å². The molecule has 9 nitrogen and oxygen atoms in total. The van der Waals surface area contributed by atoms with Crippen molar-refractivity contribution in [3.63, 3.8) is 0 Å². The summed E-state index contributed by atoms with van der Waals surface area (Å²) in [5.41, 5.74) is 0. The Morgan fingerprint density at radius 1 is 0.571 bits per heavy atom. The van der Waals surface area contributed by atoms with Gasteiger partial charge in [0.25, 0.3) is 0 Å². The number of allylic oxidation sites excluding steroid dienone is 6. The van der Waals surface area contributed by atoms with Crippen molar-refractivity contribution in [2.45, 2.75) is 200 Å². The normalized spacial score (nSPS) is 13.9. The van der Waals surface area contributed by atoms with Crippen LogP contribution in [0.15, 0.2) is 36.5 Å². The van der Waals surface area contributed by atoms with Gasteiger partial charge in [-0.3, -0.25) is 18.6 Å². The Kier molecular flexibility index (Phi) is 37.5. The van der Waals surface area contributed by atoms with E-state index in [1.54, 1.807) is 0 Å². The second kappa shape index (κ2) is 38.7. The van der Waals surface area contributed by atoms with E-state index in [-0.39, 0.29) is 32.0 Å². The van der Waals surface area contributed by atoms with Crippen LogP contribution in [0.4, 0.5) is 0 Å². The third kappa shape index (κ3) is 41.9. The van der Waals surface area contributed by atoms with Crippen molar-refractivity contribution in [3.05, 3.63) is 36.5 Å². The summed E-state index contributed by atoms with van der Waals surface area (Å²) >= 11 is 0. The minimum Gasteiger partial charge on any atom is -0.462 e. The van der Waals surface area contributed by atoms with E-state index in [0.717, 1.165) is 70.6 Å². The van der Waals surface area contributed by atoms with Gasteiger partial charge in [-0.05, 0) is 44.9 Å². The summed E-state index contributed by atoms with van der Waals surface area (Å²) in [6, 6.07) is 0. The molecular weight excluding hydrogens is 725 g/mol. The number of nitrogens with zero attached hydrogens (tertiary/aromatic N) is 1. The fourth-order valence-corrected chi connectivity index (χ4v) is 6.89. The van der Waals surface area contributed by atoms with Crippen molar-refractivity contribution in [2.75, 3.05) is 47.5 Å². The Balaban J connectivity index is 4.33. The van der Waals surface area contributed by atoms with E-state index in [0.29, 0.717) is 17.4 Å². The Morgan fingerprint density at radius 3 is 1.52 bits per heavy atom. The second-order valence-corrected chi connectivity index (χ2v) is 17.9. The summed E-state index contributed by atoms with van der Waals surface area (Å²) in [4.78, 5) is 35.4. The largest absolute Gasteiger partial charge is 0.472 e. The van der Waals surface area contributed by atoms with Crippen LogP contribution in [0.3, 0.4) is 0 Å². The number of rotatable bonds is 41. The zero-order valence-corrected chi connectivity index (χ0v) is 37.8. The molecule has 0 spiro atoms. The maximum Gasteiger partial charge on any atom is 0.472 e. The van der Waals surface area contributed by atoms with Crippen LogP contribution in [0.25, 0.3) is 0 Å². The van der Waals surface area contributed by atoms with Gasteiger partial charge in [-0.2, -0.15) is 0 Å². The minimum atomic E-state index is -4.38. The molecule has 0 aliphatic rings. The van der Waals surface area contributed by atoms with Crippen molar-refractivity contribution >= 4 is 19.8 Å². The SMILES string of the molecule is CC/C=C/C/C=C/C/C=C/CCCCCCCC(=O)O[C@H](COC(=O)CCCCCCCCCCCCCCCCCCC)COP(=O)(O)OCC[N+](C)(C)C. The van der Waals surface area contributed by atoms with Gasteiger partial charge < -0.3 is 18.9 Å². The first kappa shape index (κ1) is 54.2. The molecule has 328 valence electrons. The van der Waals surface area contributed by atoms with Crippen molar-refractivity contribution in [1.82, 2.24) is 0 Å². The number of ether oxygens (including phenoxy) is 2. The Morgan fingerprint density at radius 2 is 1.02 bits per heavy atom. The van der Waals surface area contributed by atoms with E-state index in [1.165, 1.54) is 89.9 Å². The number of quaternary nitrogens is 1. The lowest BCUT2D eigenvalue weighted by Crippen LogP contribution is -2.37. The summed E-state index contributed by atoms with van der Waals surface area (Å²) in [6.07, 6.45) is 43.3. The molecule has 2 atom stereocenters. The lowest BCUT2D eigenvalue weighted by molar-refractivity contribution is -0.870. The molecule has 0 amide bonds. The van der Waals surface area contributed by atoms with Gasteiger partial charge in [0.1, 0.15) is 19.8 Å². The van der Waals surface area contributed by atoms with Gasteiger partial charge in [-0.1, -0.05) is 172 Å². The molecule has 0 aliphatic heterocycles. The number of carbonyl (C=O) groups is 2. The first-order valence-corrected chi connectivity index (χ1v) is 24.2. The van der Waals surface area contributed by atoms with Crippen LogP contribution in [-0.4, -0.2) is 74.9 Å². The van der Waals surface area contributed by atoms with Gasteiger partial charge in [-0.15, -0.1) is 0 Å². The highest BCUT2D eigenvalue weighted by Gasteiger charge is 2.27. The molecule has 0 heterocycles. The first-order chi connectivity index (χ1) is 27.0. The van der Waals surface area contributed by atoms with Gasteiger partial charge in [-0.25, -0.2) is 4.57 Å². The van der Waals surface area contributed by atoms with Gasteiger partial charge in [0.15, 0.2) is 6.10 Å². The molecule has 56 heavy (non-hydrogen) atoms. The molecule has 0 bridgehead atoms. The molecule has 0 fully saturated rings. The average molecular weight is 813 g/mol. The highest BCUT2D eigenvalue weighted by atomic mass is 31.2. The standard InChI is InChI=1S/C46H86NO8P/c1-6-8-10-12-14-16-18-20-22-23-25-26-28-30-32-34-36-38-45(48)52-42-44(43-54-56(50,51)53-41-40-47(3,4)5)55-46(49)39-37-35-33-31-29-27-24-21-19-17-15-13-11-9-7-2/h9,11,15,17,21,24,44H,6-8,10,12-14,16,18-20,22-23,25-43H2,1-5H3/p+1/b11-9+,17-15+,24-21+/t44-/m1/s1. The maximum absolute atomic E-state index is 12.7. The number of carbonyl (C=O) groups excluding carboxylic acids is 2. The van der Waals surface area contributed by atoms with Crippen molar-refractivity contribution < 1.29 is 42.1 Å². The van der Waals surface area contributed by atoms with Gasteiger partial charge >= 0.3 is 19.8 Å². The monoisotopic (exact) mass is 813 g/mol. The number of phosphoric ester groups is 1. The lowest BCUT2D eigenvalue weighted by atomic mass is 10.0. The minimum absolute atomic E-state index is 0.0287. The van der Waals surface area contributed by atoms with Crippen LogP contribution >= 0.6 is 7.82 Å². The number of phosphoric acid groups is 1. The van der Waals surface area contributed by atoms with E-state index in [9.17, 15) is 19.0 Å². The zero-order chi connectivity index (χ0) is 41.4. The summed E-state index contributed by atoms with van der Waals surface area (Å²) in [7, 11) is 1.47. The maximum atomic E-state index is 12.7. The highest BCUT2D eigenvalue weighted by molar-refractivity contribution is 7.47. The molecule has 0 aromatic heterocycles. The van der Waals surface area contributed by atoms with Gasteiger partial charge in [0.05, 0.1) is 27.7 Å². The predicted octanol–water partition coefficient (Wildman–Crippen LogP) is 12.9. The van der Waals surface area contributed by atoms with Crippen molar-refractivity contribution in [2.24, 2.45) is 0 Å². The molecule has 10 heteroatoms. The Bertz CT molecular complexity index is 1050. The van der Waals surface area contributed by atoms with Crippen LogP contribution in [0.2, 0.25) is 0 Å². The third-order valence-electron chi connectivity index (χ3n) is 9.68. The molecule has 0 saturated carbocycles. The van der Waals surface area contributed by atoms with E-state index >= 15 is 0 Å². The summed E-state index contributed by atoms with van der Waals surface area (Å²) in [5.74, 6) is -0.813. The molecule has 0 aromatic carbocycles. The van der Waals surface area contributed by atoms with Gasteiger partial charge in [0.2, 0.25) is 0 Å². The number of esters is 2. The molecule has 0 aromatic rings. The smallest absolute Gasteiger partial charge is 0.462 e. The topological polar surface area (TPSA) is 108 Å².